The molecule has 0 atom stereocenters. The summed E-state index contributed by atoms with van der Waals surface area (Å²) < 4.78 is 25.9. The molecule has 5 nitrogen and oxygen atoms in total. The smallest absolute Gasteiger partial charge is 0.248 e. The van der Waals surface area contributed by atoms with Crippen LogP contribution in [0.1, 0.15) is 5.56 Å². The van der Waals surface area contributed by atoms with Crippen LogP contribution >= 0.6 is 15.9 Å². The molecular formula is C16H15BrN2O3S. The third-order valence-corrected chi connectivity index (χ3v) is 4.11. The molecule has 0 aliphatic heterocycles. The van der Waals surface area contributed by atoms with Crippen molar-refractivity contribution in [1.29, 1.82) is 0 Å². The van der Waals surface area contributed by atoms with Crippen LogP contribution in [0.25, 0.3) is 6.08 Å². The molecule has 0 bridgehead atoms. The lowest BCUT2D eigenvalue weighted by molar-refractivity contribution is -0.111. The molecule has 120 valence electrons. The fraction of sp³-hybridized carbons (Fsp3) is 0.0625. The Kier molecular flexibility index (Phi) is 5.57. The van der Waals surface area contributed by atoms with Gasteiger partial charge in [-0.1, -0.05) is 46.3 Å². The van der Waals surface area contributed by atoms with Gasteiger partial charge in [0.1, 0.15) is 0 Å². The van der Waals surface area contributed by atoms with Crippen molar-refractivity contribution in [2.24, 2.45) is 0 Å². The number of nitrogens with one attached hydrogen (secondary N) is 2. The van der Waals surface area contributed by atoms with Crippen LogP contribution in [-0.2, 0) is 14.8 Å². The molecule has 0 aliphatic carbocycles. The molecule has 0 saturated carbocycles. The Hall–Kier alpha value is -2.12. The molecule has 0 spiro atoms. The zero-order valence-corrected chi connectivity index (χ0v) is 14.7. The van der Waals surface area contributed by atoms with Gasteiger partial charge >= 0.3 is 0 Å². The fourth-order valence-corrected chi connectivity index (χ4v) is 2.83. The SMILES string of the molecule is CS(=O)(=O)Nc1ccccc1NC(=O)/C=C\c1ccccc1Br. The highest BCUT2D eigenvalue weighted by molar-refractivity contribution is 9.10. The number of halogens is 1. The quantitative estimate of drug-likeness (QED) is 0.762. The number of carbonyl (C=O) groups is 1. The maximum Gasteiger partial charge on any atom is 0.248 e. The van der Waals surface area contributed by atoms with Crippen LogP contribution in [0.2, 0.25) is 0 Å². The van der Waals surface area contributed by atoms with Gasteiger partial charge < -0.3 is 5.32 Å². The van der Waals surface area contributed by atoms with Gasteiger partial charge in [-0.25, -0.2) is 8.42 Å². The van der Waals surface area contributed by atoms with Crippen molar-refractivity contribution < 1.29 is 13.2 Å². The van der Waals surface area contributed by atoms with Crippen molar-refractivity contribution in [2.75, 3.05) is 16.3 Å². The predicted octanol–water partition coefficient (Wildman–Crippen LogP) is 3.47. The van der Waals surface area contributed by atoms with Crippen molar-refractivity contribution in [1.82, 2.24) is 0 Å². The first kappa shape index (κ1) is 17.2. The predicted molar refractivity (Wildman–Crippen MR) is 96.7 cm³/mol. The summed E-state index contributed by atoms with van der Waals surface area (Å²) in [5, 5.41) is 2.65. The third kappa shape index (κ3) is 5.54. The molecule has 0 aromatic heterocycles. The molecule has 0 radical (unpaired) electrons. The Morgan fingerprint density at radius 3 is 2.30 bits per heavy atom. The molecule has 7 heteroatoms. The first-order valence-electron chi connectivity index (χ1n) is 6.65. The third-order valence-electron chi connectivity index (χ3n) is 2.80. The van der Waals surface area contributed by atoms with Gasteiger partial charge in [0.05, 0.1) is 17.6 Å². The van der Waals surface area contributed by atoms with Gasteiger partial charge in [0, 0.05) is 10.5 Å². The van der Waals surface area contributed by atoms with Gasteiger partial charge in [-0.2, -0.15) is 0 Å². The average Bonchev–Trinajstić information content (AvgIpc) is 2.47. The summed E-state index contributed by atoms with van der Waals surface area (Å²) in [6, 6.07) is 14.1. The number of benzene rings is 2. The molecule has 2 aromatic rings. The number of rotatable bonds is 5. The first-order valence-corrected chi connectivity index (χ1v) is 9.34. The lowest BCUT2D eigenvalue weighted by Gasteiger charge is -2.10. The van der Waals surface area contributed by atoms with Gasteiger partial charge in [-0.05, 0) is 29.8 Å². The van der Waals surface area contributed by atoms with Crippen molar-refractivity contribution in [3.05, 3.63) is 64.6 Å². The number of para-hydroxylation sites is 2. The van der Waals surface area contributed by atoms with Crippen LogP contribution in [0.3, 0.4) is 0 Å². The molecular weight excluding hydrogens is 380 g/mol. The second kappa shape index (κ2) is 7.43. The molecule has 0 heterocycles. The number of sulfonamides is 1. The van der Waals surface area contributed by atoms with Crippen LogP contribution in [0.5, 0.6) is 0 Å². The van der Waals surface area contributed by atoms with E-state index in [0.717, 1.165) is 16.3 Å². The number of hydrogen-bond acceptors (Lipinski definition) is 3. The van der Waals surface area contributed by atoms with Gasteiger partial charge in [-0.15, -0.1) is 0 Å². The largest absolute Gasteiger partial charge is 0.321 e. The van der Waals surface area contributed by atoms with E-state index in [1.165, 1.54) is 6.08 Å². The van der Waals surface area contributed by atoms with E-state index in [1.807, 2.05) is 24.3 Å². The van der Waals surface area contributed by atoms with Crippen molar-refractivity contribution in [2.45, 2.75) is 0 Å². The Morgan fingerprint density at radius 1 is 1.04 bits per heavy atom. The molecule has 23 heavy (non-hydrogen) atoms. The molecule has 2 N–H and O–H groups in total. The Labute approximate surface area is 143 Å². The van der Waals surface area contributed by atoms with Gasteiger partial charge in [0.25, 0.3) is 0 Å². The number of anilines is 2. The van der Waals surface area contributed by atoms with Crippen molar-refractivity contribution in [3.63, 3.8) is 0 Å². The lowest BCUT2D eigenvalue weighted by atomic mass is 10.2. The Morgan fingerprint density at radius 2 is 1.65 bits per heavy atom. The van der Waals surface area contributed by atoms with E-state index in [9.17, 15) is 13.2 Å². The van der Waals surface area contributed by atoms with Gasteiger partial charge in [0.15, 0.2) is 0 Å². The van der Waals surface area contributed by atoms with E-state index in [4.69, 9.17) is 0 Å². The standard InChI is InChI=1S/C16H15BrN2O3S/c1-23(21,22)19-15-9-5-4-8-14(15)18-16(20)11-10-12-6-2-3-7-13(12)17/h2-11,19H,1H3,(H,18,20)/b11-10-. The van der Waals surface area contributed by atoms with E-state index >= 15 is 0 Å². The Balaban J connectivity index is 2.13. The zero-order valence-electron chi connectivity index (χ0n) is 12.3. The van der Waals surface area contributed by atoms with E-state index in [1.54, 1.807) is 30.3 Å². The molecule has 0 saturated heterocycles. The van der Waals surface area contributed by atoms with Gasteiger partial charge in [0.2, 0.25) is 15.9 Å². The second-order valence-electron chi connectivity index (χ2n) is 4.76. The summed E-state index contributed by atoms with van der Waals surface area (Å²) in [5.74, 6) is -0.358. The highest BCUT2D eigenvalue weighted by Crippen LogP contribution is 2.22. The topological polar surface area (TPSA) is 75.3 Å². The first-order chi connectivity index (χ1) is 10.8. The molecule has 2 aromatic carbocycles. The number of hydrogen-bond donors (Lipinski definition) is 2. The minimum atomic E-state index is -3.42. The molecule has 0 unspecified atom stereocenters. The highest BCUT2D eigenvalue weighted by Gasteiger charge is 2.08. The number of carbonyl (C=O) groups excluding carboxylic acids is 1. The molecule has 1 amide bonds. The monoisotopic (exact) mass is 394 g/mol. The summed E-state index contributed by atoms with van der Waals surface area (Å²) in [7, 11) is -3.42. The van der Waals surface area contributed by atoms with E-state index in [-0.39, 0.29) is 5.91 Å². The average molecular weight is 395 g/mol. The Bertz CT molecular complexity index is 848. The van der Waals surface area contributed by atoms with Crippen LogP contribution in [0.15, 0.2) is 59.1 Å². The summed E-state index contributed by atoms with van der Waals surface area (Å²) in [6.07, 6.45) is 4.11. The summed E-state index contributed by atoms with van der Waals surface area (Å²) in [4.78, 5) is 12.0. The highest BCUT2D eigenvalue weighted by atomic mass is 79.9. The van der Waals surface area contributed by atoms with Crippen LogP contribution < -0.4 is 10.0 Å². The summed E-state index contributed by atoms with van der Waals surface area (Å²) >= 11 is 3.40. The van der Waals surface area contributed by atoms with E-state index < -0.39 is 10.0 Å². The van der Waals surface area contributed by atoms with Crippen LogP contribution in [0, 0.1) is 0 Å². The van der Waals surface area contributed by atoms with Gasteiger partial charge in [-0.3, -0.25) is 9.52 Å². The maximum atomic E-state index is 12.0. The zero-order chi connectivity index (χ0) is 16.9. The van der Waals surface area contributed by atoms with Crippen LogP contribution in [-0.4, -0.2) is 20.6 Å². The minimum Gasteiger partial charge on any atom is -0.321 e. The minimum absolute atomic E-state index is 0.317. The van der Waals surface area contributed by atoms with Crippen molar-refractivity contribution in [3.8, 4) is 0 Å². The molecule has 2 rings (SSSR count). The number of amides is 1. The van der Waals surface area contributed by atoms with Crippen molar-refractivity contribution >= 4 is 49.3 Å². The lowest BCUT2D eigenvalue weighted by Crippen LogP contribution is -2.14. The summed E-state index contributed by atoms with van der Waals surface area (Å²) in [6.45, 7) is 0. The normalized spacial score (nSPS) is 11.4. The molecule has 0 fully saturated rings. The van der Waals surface area contributed by atoms with Crippen LogP contribution in [0.4, 0.5) is 11.4 Å². The fourth-order valence-electron chi connectivity index (χ4n) is 1.83. The maximum absolute atomic E-state index is 12.0. The second-order valence-corrected chi connectivity index (χ2v) is 7.37. The molecule has 0 aliphatic rings. The van der Waals surface area contributed by atoms with E-state index in [0.29, 0.717) is 11.4 Å². The van der Waals surface area contributed by atoms with E-state index in [2.05, 4.69) is 26.0 Å². The summed E-state index contributed by atoms with van der Waals surface area (Å²) in [5.41, 5.74) is 1.57.